The third kappa shape index (κ3) is 7.32. The van der Waals surface area contributed by atoms with E-state index in [1.807, 2.05) is 13.8 Å². The quantitative estimate of drug-likeness (QED) is 0.176. The largest absolute Gasteiger partial charge is 0.480 e. The van der Waals surface area contributed by atoms with Crippen molar-refractivity contribution in [3.8, 4) is 5.75 Å². The lowest BCUT2D eigenvalue weighted by atomic mass is 10.0. The normalized spacial score (nSPS) is 19.6. The molecule has 3 aromatic rings. The number of nitrogens with one attached hydrogen (secondary N) is 1. The van der Waals surface area contributed by atoms with Gasteiger partial charge in [-0.05, 0) is 43.5 Å². The van der Waals surface area contributed by atoms with Crippen molar-refractivity contribution in [2.24, 2.45) is 17.3 Å². The number of likely N-dealkylation sites (N-methyl/N-ethyl adjacent to an activating group) is 1. The topological polar surface area (TPSA) is 192 Å². The van der Waals surface area contributed by atoms with Gasteiger partial charge in [-0.25, -0.2) is 9.55 Å². The molecule has 0 bridgehead atoms. The van der Waals surface area contributed by atoms with Gasteiger partial charge in [0, 0.05) is 6.20 Å². The maximum Gasteiger partial charge on any atom is 0.461 e. The highest BCUT2D eigenvalue weighted by molar-refractivity contribution is 7.51. The van der Waals surface area contributed by atoms with E-state index in [0.717, 1.165) is 10.2 Å². The highest BCUT2D eigenvalue weighted by atomic mass is 31.2. The fourth-order valence-electron chi connectivity index (χ4n) is 4.45. The van der Waals surface area contributed by atoms with E-state index >= 15 is 0 Å². The number of ether oxygens (including phenoxy) is 1. The minimum atomic E-state index is -4.28. The van der Waals surface area contributed by atoms with Gasteiger partial charge in [-0.3, -0.25) is 28.5 Å². The molecule has 15 heteroatoms. The standard InChI is InChI=1S/C28H37N6O8P/c1-17(2)11-21(25(36)37)33(5)43(39,42-20-9-7-6-8-10-20)41-15-28(14-40-26(38)18(3)4)12-19(28)13-34-16-30-22-23(34)31-27(29)32-24(22)35/h6-10,13,16-18,21H,11-12,14-15H2,1-5H3,(H,36,37)(H3,29,31,32,35)/b19-13-/t21?,28?,43-/m0/s1. The molecule has 2 heterocycles. The number of carbonyl (C=O) groups is 2. The van der Waals surface area contributed by atoms with Crippen LogP contribution in [-0.4, -0.2) is 67.5 Å². The van der Waals surface area contributed by atoms with Gasteiger partial charge in [0.05, 0.1) is 17.9 Å². The summed E-state index contributed by atoms with van der Waals surface area (Å²) < 4.78 is 34.6. The van der Waals surface area contributed by atoms with Crippen molar-refractivity contribution < 1.29 is 33.0 Å². The van der Waals surface area contributed by atoms with E-state index in [9.17, 15) is 24.1 Å². The molecular formula is C28H37N6O8P. The number of aromatic amines is 1. The van der Waals surface area contributed by atoms with Crippen LogP contribution in [0.15, 0.2) is 47.0 Å². The van der Waals surface area contributed by atoms with Crippen LogP contribution >= 0.6 is 7.75 Å². The molecule has 4 rings (SSSR count). The Morgan fingerprint density at radius 3 is 2.56 bits per heavy atom. The van der Waals surface area contributed by atoms with Gasteiger partial charge < -0.3 is 20.1 Å². The zero-order valence-corrected chi connectivity index (χ0v) is 25.6. The number of H-pyrrole nitrogens is 1. The van der Waals surface area contributed by atoms with Crippen molar-refractivity contribution in [1.29, 1.82) is 0 Å². The number of rotatable bonds is 14. The summed E-state index contributed by atoms with van der Waals surface area (Å²) in [5.41, 5.74) is 5.37. The van der Waals surface area contributed by atoms with Crippen molar-refractivity contribution in [3.05, 3.63) is 52.6 Å². The Morgan fingerprint density at radius 2 is 1.93 bits per heavy atom. The Kier molecular flexibility index (Phi) is 9.43. The SMILES string of the molecule is CC(C)CC(C(=O)O)N(C)[P@](=O)(OCC1(COC(=O)C(C)C)C/C1=C/n1cnc2c(=O)[nH]c(N)nc21)Oc1ccccc1. The Bertz CT molecular complexity index is 1620. The molecule has 43 heavy (non-hydrogen) atoms. The molecule has 1 aliphatic rings. The van der Waals surface area contributed by atoms with Gasteiger partial charge in [0.1, 0.15) is 24.7 Å². The molecule has 1 aromatic carbocycles. The van der Waals surface area contributed by atoms with E-state index in [1.165, 1.54) is 17.9 Å². The average molecular weight is 617 g/mol. The van der Waals surface area contributed by atoms with Gasteiger partial charge in [-0.1, -0.05) is 45.9 Å². The van der Waals surface area contributed by atoms with Crippen LogP contribution in [0.3, 0.4) is 0 Å². The number of carbonyl (C=O) groups excluding carboxylic acids is 1. The molecule has 0 aliphatic heterocycles. The van der Waals surface area contributed by atoms with E-state index in [0.29, 0.717) is 6.42 Å². The van der Waals surface area contributed by atoms with Crippen LogP contribution in [0.1, 0.15) is 40.5 Å². The van der Waals surface area contributed by atoms with Crippen LogP contribution in [0, 0.1) is 17.3 Å². The molecule has 1 aliphatic carbocycles. The first kappa shape index (κ1) is 31.9. The molecule has 0 saturated heterocycles. The number of carboxylic acid groups (broad SMARTS) is 1. The van der Waals surface area contributed by atoms with Gasteiger partial charge in [-0.15, -0.1) is 0 Å². The smallest absolute Gasteiger partial charge is 0.461 e. The van der Waals surface area contributed by atoms with Crippen LogP contribution in [0.4, 0.5) is 5.95 Å². The maximum atomic E-state index is 14.4. The van der Waals surface area contributed by atoms with Crippen LogP contribution in [0.25, 0.3) is 17.4 Å². The molecule has 4 N–H and O–H groups in total. The van der Waals surface area contributed by atoms with Crippen molar-refractivity contribution in [3.63, 3.8) is 0 Å². The van der Waals surface area contributed by atoms with E-state index in [1.54, 1.807) is 50.4 Å². The number of nitrogens with two attached hydrogens (primary N) is 1. The number of anilines is 1. The molecule has 2 unspecified atom stereocenters. The number of para-hydroxylation sites is 1. The molecule has 1 fully saturated rings. The van der Waals surface area contributed by atoms with Gasteiger partial charge in [-0.2, -0.15) is 9.65 Å². The molecule has 3 atom stereocenters. The number of esters is 1. The highest BCUT2D eigenvalue weighted by Gasteiger charge is 2.53. The number of imidazole rings is 1. The number of nitrogen functional groups attached to an aromatic ring is 1. The third-order valence-corrected chi connectivity index (χ3v) is 9.03. The average Bonchev–Trinajstić information content (AvgIpc) is 3.47. The zero-order valence-electron chi connectivity index (χ0n) is 24.7. The van der Waals surface area contributed by atoms with Crippen molar-refractivity contribution >= 4 is 43.0 Å². The summed E-state index contributed by atoms with van der Waals surface area (Å²) in [5.74, 6) is -1.84. The van der Waals surface area contributed by atoms with E-state index in [2.05, 4.69) is 15.0 Å². The van der Waals surface area contributed by atoms with Crippen LogP contribution in [-0.2, 0) is 23.4 Å². The van der Waals surface area contributed by atoms with E-state index < -0.39 is 36.7 Å². The van der Waals surface area contributed by atoms with Gasteiger partial charge in [0.15, 0.2) is 11.2 Å². The summed E-state index contributed by atoms with van der Waals surface area (Å²) >= 11 is 0. The van der Waals surface area contributed by atoms with Crippen LogP contribution in [0.2, 0.25) is 0 Å². The number of aromatic nitrogens is 4. The van der Waals surface area contributed by atoms with Crippen LogP contribution < -0.4 is 15.8 Å². The van der Waals surface area contributed by atoms with Gasteiger partial charge in [0.25, 0.3) is 5.56 Å². The summed E-state index contributed by atoms with van der Waals surface area (Å²) in [6.45, 7) is 6.82. The number of fused-ring (bicyclic) bond motifs is 1. The molecule has 0 amide bonds. The Balaban J connectivity index is 1.68. The molecular weight excluding hydrogens is 579 g/mol. The number of aliphatic carboxylic acids is 1. The van der Waals surface area contributed by atoms with Gasteiger partial charge in [0.2, 0.25) is 5.95 Å². The van der Waals surface area contributed by atoms with E-state index in [-0.39, 0.29) is 54.3 Å². The number of hydrogen-bond acceptors (Lipinski definition) is 10. The summed E-state index contributed by atoms with van der Waals surface area (Å²) in [4.78, 5) is 47.5. The number of benzene rings is 1. The zero-order chi connectivity index (χ0) is 31.5. The fourth-order valence-corrected chi connectivity index (χ4v) is 6.14. The Labute approximate surface area is 248 Å². The maximum absolute atomic E-state index is 14.4. The fraction of sp³-hybridized carbons (Fsp3) is 0.464. The van der Waals surface area contributed by atoms with Crippen molar-refractivity contribution in [2.45, 2.75) is 46.6 Å². The Hall–Kier alpha value is -4.00. The lowest BCUT2D eigenvalue weighted by Crippen LogP contribution is -2.39. The summed E-state index contributed by atoms with van der Waals surface area (Å²) in [5, 5.41) is 9.98. The monoisotopic (exact) mass is 616 g/mol. The summed E-state index contributed by atoms with van der Waals surface area (Å²) in [6.07, 6.45) is 3.66. The molecule has 0 radical (unpaired) electrons. The third-order valence-electron chi connectivity index (χ3n) is 7.08. The second kappa shape index (κ2) is 12.7. The predicted octanol–water partition coefficient (Wildman–Crippen LogP) is 3.77. The molecule has 1 saturated carbocycles. The summed E-state index contributed by atoms with van der Waals surface area (Å²) in [6, 6.07) is 7.17. The molecule has 232 valence electrons. The lowest BCUT2D eigenvalue weighted by molar-refractivity contribution is -0.149. The number of hydrogen-bond donors (Lipinski definition) is 3. The molecule has 14 nitrogen and oxygen atoms in total. The molecule has 0 spiro atoms. The van der Waals surface area contributed by atoms with Gasteiger partial charge >= 0.3 is 19.7 Å². The van der Waals surface area contributed by atoms with Crippen molar-refractivity contribution in [2.75, 3.05) is 26.0 Å². The number of nitrogens with zero attached hydrogens (tertiary/aromatic N) is 4. The van der Waals surface area contributed by atoms with Crippen LogP contribution in [0.5, 0.6) is 5.75 Å². The minimum absolute atomic E-state index is 0.0200. The number of carboxylic acids is 1. The second-order valence-electron chi connectivity index (χ2n) is 11.4. The predicted molar refractivity (Wildman–Crippen MR) is 159 cm³/mol. The minimum Gasteiger partial charge on any atom is -0.480 e. The first-order valence-electron chi connectivity index (χ1n) is 13.8. The first-order chi connectivity index (χ1) is 20.2. The first-order valence-corrected chi connectivity index (χ1v) is 15.3. The second-order valence-corrected chi connectivity index (χ2v) is 13.4. The van der Waals surface area contributed by atoms with Crippen molar-refractivity contribution in [1.82, 2.24) is 24.2 Å². The highest BCUT2D eigenvalue weighted by Crippen LogP contribution is 2.59. The molecule has 2 aromatic heterocycles. The summed E-state index contributed by atoms with van der Waals surface area (Å²) in [7, 11) is -2.89. The Morgan fingerprint density at radius 1 is 1.23 bits per heavy atom. The van der Waals surface area contributed by atoms with E-state index in [4.69, 9.17) is 19.5 Å². The lowest BCUT2D eigenvalue weighted by Gasteiger charge is -2.32.